The van der Waals surface area contributed by atoms with Crippen LogP contribution in [0.5, 0.6) is 0 Å². The molecule has 1 saturated carbocycles. The van der Waals surface area contributed by atoms with Crippen LogP contribution < -0.4 is 5.32 Å². The summed E-state index contributed by atoms with van der Waals surface area (Å²) in [6, 6.07) is 0. The molecule has 0 spiro atoms. The summed E-state index contributed by atoms with van der Waals surface area (Å²) in [6.07, 6.45) is 1.81. The van der Waals surface area contributed by atoms with Crippen LogP contribution >= 0.6 is 11.3 Å². The molecule has 2 rings (SSSR count). The average molecular weight is 282 g/mol. The lowest BCUT2D eigenvalue weighted by atomic mass is 9.76. The average Bonchev–Trinajstić information content (AvgIpc) is 2.70. The standard InChI is InChI=1S/C13H18N2O3S/c1-12(2,3)10-14-8(7-19-10)9(16)15-13(11(17)18)5-4-6-13/h7H,4-6H2,1-3H3,(H,15,16)(H,17,18). The molecule has 0 radical (unpaired) electrons. The van der Waals surface area contributed by atoms with E-state index in [1.54, 1.807) is 5.38 Å². The molecule has 6 heteroatoms. The highest BCUT2D eigenvalue weighted by Gasteiger charge is 2.46. The zero-order valence-corrected chi connectivity index (χ0v) is 12.1. The van der Waals surface area contributed by atoms with Crippen LogP contribution in [-0.2, 0) is 10.2 Å². The Morgan fingerprint density at radius 1 is 1.42 bits per heavy atom. The van der Waals surface area contributed by atoms with Crippen molar-refractivity contribution in [2.45, 2.75) is 51.0 Å². The van der Waals surface area contributed by atoms with Crippen molar-refractivity contribution in [1.82, 2.24) is 10.3 Å². The lowest BCUT2D eigenvalue weighted by Crippen LogP contribution is -2.59. The summed E-state index contributed by atoms with van der Waals surface area (Å²) in [5, 5.41) is 14.4. The molecule has 19 heavy (non-hydrogen) atoms. The molecule has 0 bridgehead atoms. The number of nitrogens with zero attached hydrogens (tertiary/aromatic N) is 1. The van der Waals surface area contributed by atoms with Gasteiger partial charge in [0.1, 0.15) is 11.2 Å². The van der Waals surface area contributed by atoms with Crippen molar-refractivity contribution in [3.63, 3.8) is 0 Å². The Balaban J connectivity index is 2.12. The van der Waals surface area contributed by atoms with Crippen molar-refractivity contribution in [3.05, 3.63) is 16.1 Å². The number of carbonyl (C=O) groups is 2. The van der Waals surface area contributed by atoms with Gasteiger partial charge in [0, 0.05) is 10.8 Å². The molecule has 2 N–H and O–H groups in total. The van der Waals surface area contributed by atoms with Gasteiger partial charge in [-0.15, -0.1) is 11.3 Å². The van der Waals surface area contributed by atoms with E-state index < -0.39 is 17.4 Å². The van der Waals surface area contributed by atoms with Gasteiger partial charge in [0.05, 0.1) is 5.01 Å². The number of amides is 1. The fraction of sp³-hybridized carbons (Fsp3) is 0.615. The molecule has 1 fully saturated rings. The van der Waals surface area contributed by atoms with Gasteiger partial charge in [0.25, 0.3) is 5.91 Å². The van der Waals surface area contributed by atoms with Gasteiger partial charge in [-0.25, -0.2) is 9.78 Å². The molecule has 5 nitrogen and oxygen atoms in total. The number of thiazole rings is 1. The Kier molecular flexibility index (Phi) is 3.38. The molecule has 1 heterocycles. The second-order valence-corrected chi connectivity index (χ2v) is 6.84. The van der Waals surface area contributed by atoms with Gasteiger partial charge < -0.3 is 10.4 Å². The third-order valence-electron chi connectivity index (χ3n) is 3.35. The van der Waals surface area contributed by atoms with Gasteiger partial charge in [-0.3, -0.25) is 4.79 Å². The smallest absolute Gasteiger partial charge is 0.329 e. The Hall–Kier alpha value is -1.43. The van der Waals surface area contributed by atoms with Crippen LogP contribution in [-0.4, -0.2) is 27.5 Å². The first-order chi connectivity index (χ1) is 8.74. The van der Waals surface area contributed by atoms with Crippen molar-refractivity contribution < 1.29 is 14.7 Å². The Bertz CT molecular complexity index is 512. The summed E-state index contributed by atoms with van der Waals surface area (Å²) in [5.41, 5.74) is -0.880. The van der Waals surface area contributed by atoms with Crippen LogP contribution in [0.4, 0.5) is 0 Å². The Morgan fingerprint density at radius 2 is 2.05 bits per heavy atom. The van der Waals surface area contributed by atoms with Crippen LogP contribution in [0, 0.1) is 0 Å². The van der Waals surface area contributed by atoms with E-state index in [0.29, 0.717) is 18.5 Å². The third-order valence-corrected chi connectivity index (χ3v) is 4.62. The maximum atomic E-state index is 12.1. The van der Waals surface area contributed by atoms with Crippen molar-refractivity contribution in [1.29, 1.82) is 0 Å². The van der Waals surface area contributed by atoms with Gasteiger partial charge in [-0.2, -0.15) is 0 Å². The zero-order chi connectivity index (χ0) is 14.3. The van der Waals surface area contributed by atoms with E-state index in [2.05, 4.69) is 10.3 Å². The minimum atomic E-state index is -1.08. The number of carboxylic acids is 1. The fourth-order valence-corrected chi connectivity index (χ4v) is 2.81. The molecular weight excluding hydrogens is 264 g/mol. The van der Waals surface area contributed by atoms with Crippen LogP contribution in [0.15, 0.2) is 5.38 Å². The number of nitrogens with one attached hydrogen (secondary N) is 1. The summed E-state index contributed by atoms with van der Waals surface area (Å²) in [6.45, 7) is 6.08. The van der Waals surface area contributed by atoms with Crippen molar-refractivity contribution >= 4 is 23.2 Å². The van der Waals surface area contributed by atoms with Gasteiger partial charge in [-0.05, 0) is 19.3 Å². The molecule has 0 aromatic carbocycles. The number of aromatic nitrogens is 1. The first-order valence-electron chi connectivity index (χ1n) is 6.26. The van der Waals surface area contributed by atoms with E-state index in [-0.39, 0.29) is 5.41 Å². The lowest BCUT2D eigenvalue weighted by molar-refractivity contribution is -0.148. The molecule has 0 atom stereocenters. The highest BCUT2D eigenvalue weighted by Crippen LogP contribution is 2.32. The van der Waals surface area contributed by atoms with Crippen LogP contribution in [0.25, 0.3) is 0 Å². The number of hydrogen-bond acceptors (Lipinski definition) is 4. The number of aliphatic carboxylic acids is 1. The van der Waals surface area contributed by atoms with Crippen LogP contribution in [0.1, 0.15) is 55.5 Å². The molecule has 104 valence electrons. The topological polar surface area (TPSA) is 79.3 Å². The predicted molar refractivity (Wildman–Crippen MR) is 72.5 cm³/mol. The summed E-state index contributed by atoms with van der Waals surface area (Å²) in [4.78, 5) is 27.6. The molecule has 0 aliphatic heterocycles. The molecular formula is C13H18N2O3S. The van der Waals surface area contributed by atoms with Gasteiger partial charge in [0.15, 0.2) is 0 Å². The molecule has 1 aliphatic rings. The summed E-state index contributed by atoms with van der Waals surface area (Å²) in [7, 11) is 0. The molecule has 0 unspecified atom stereocenters. The van der Waals surface area contributed by atoms with Crippen molar-refractivity contribution in [2.24, 2.45) is 0 Å². The Morgan fingerprint density at radius 3 is 2.42 bits per heavy atom. The van der Waals surface area contributed by atoms with E-state index in [1.807, 2.05) is 20.8 Å². The Labute approximate surface area is 116 Å². The first-order valence-corrected chi connectivity index (χ1v) is 7.14. The minimum Gasteiger partial charge on any atom is -0.480 e. The van der Waals surface area contributed by atoms with E-state index >= 15 is 0 Å². The largest absolute Gasteiger partial charge is 0.480 e. The highest BCUT2D eigenvalue weighted by atomic mass is 32.1. The first kappa shape index (κ1) is 14.0. The molecule has 1 aromatic rings. The second-order valence-electron chi connectivity index (χ2n) is 5.98. The number of rotatable bonds is 3. The van der Waals surface area contributed by atoms with Gasteiger partial charge in [0.2, 0.25) is 0 Å². The zero-order valence-electron chi connectivity index (χ0n) is 11.3. The maximum absolute atomic E-state index is 12.1. The highest BCUT2D eigenvalue weighted by molar-refractivity contribution is 7.10. The van der Waals surface area contributed by atoms with Crippen molar-refractivity contribution in [2.75, 3.05) is 0 Å². The van der Waals surface area contributed by atoms with Gasteiger partial charge in [-0.1, -0.05) is 20.8 Å². The maximum Gasteiger partial charge on any atom is 0.329 e. The molecule has 1 aromatic heterocycles. The predicted octanol–water partition coefficient (Wildman–Crippen LogP) is 2.18. The fourth-order valence-electron chi connectivity index (χ4n) is 1.93. The SMILES string of the molecule is CC(C)(C)c1nc(C(=O)NC2(C(=O)O)CCC2)cs1. The molecule has 1 amide bonds. The van der Waals surface area contributed by atoms with Crippen molar-refractivity contribution in [3.8, 4) is 0 Å². The summed E-state index contributed by atoms with van der Waals surface area (Å²) < 4.78 is 0. The van der Waals surface area contributed by atoms with E-state index in [4.69, 9.17) is 0 Å². The number of hydrogen-bond donors (Lipinski definition) is 2. The monoisotopic (exact) mass is 282 g/mol. The lowest BCUT2D eigenvalue weighted by Gasteiger charge is -2.37. The normalized spacial score (nSPS) is 17.6. The van der Waals surface area contributed by atoms with E-state index in [9.17, 15) is 14.7 Å². The second kappa shape index (κ2) is 4.59. The third kappa shape index (κ3) is 2.63. The van der Waals surface area contributed by atoms with E-state index in [0.717, 1.165) is 11.4 Å². The summed E-state index contributed by atoms with van der Waals surface area (Å²) in [5.74, 6) is -1.35. The number of carbonyl (C=O) groups excluding carboxylic acids is 1. The molecule has 0 saturated heterocycles. The van der Waals surface area contributed by atoms with Gasteiger partial charge >= 0.3 is 5.97 Å². The quantitative estimate of drug-likeness (QED) is 0.890. The van der Waals surface area contributed by atoms with Crippen LogP contribution in [0.2, 0.25) is 0 Å². The summed E-state index contributed by atoms with van der Waals surface area (Å²) >= 11 is 1.43. The molecule has 1 aliphatic carbocycles. The minimum absolute atomic E-state index is 0.107. The van der Waals surface area contributed by atoms with Crippen LogP contribution in [0.3, 0.4) is 0 Å². The van der Waals surface area contributed by atoms with E-state index in [1.165, 1.54) is 11.3 Å². The number of carboxylic acid groups (broad SMARTS) is 1.